The van der Waals surface area contributed by atoms with Gasteiger partial charge in [0.2, 0.25) is 0 Å². The second-order valence-electron chi connectivity index (χ2n) is 5.96. The van der Waals surface area contributed by atoms with Crippen LogP contribution in [-0.4, -0.2) is 47.5 Å². The number of halogens is 1. The van der Waals surface area contributed by atoms with Gasteiger partial charge >= 0.3 is 6.03 Å². The van der Waals surface area contributed by atoms with Gasteiger partial charge in [-0.3, -0.25) is 0 Å². The van der Waals surface area contributed by atoms with Crippen LogP contribution in [0.25, 0.3) is 5.69 Å². The van der Waals surface area contributed by atoms with Gasteiger partial charge in [-0.05, 0) is 25.0 Å². The molecule has 0 saturated carbocycles. The lowest BCUT2D eigenvalue weighted by Crippen LogP contribution is -2.43. The van der Waals surface area contributed by atoms with Crippen molar-refractivity contribution in [1.82, 2.24) is 14.7 Å². The second-order valence-corrected chi connectivity index (χ2v) is 6.37. The van der Waals surface area contributed by atoms with E-state index in [0.717, 1.165) is 31.6 Å². The number of aromatic nitrogens is 2. The molecular formula is C17H21ClN4O2. The number of carbonyl (C=O) groups excluding carboxylic acids is 1. The standard InChI is InChI=1S/C17H21ClN4O2/c1-24-12-13-5-4-8-21(10-13)17(23)20-14-9-19-22(11-14)16-7-3-2-6-15(16)18/h2-3,6-7,9,11,13H,4-5,8,10,12H2,1H3,(H,20,23)/t13-/m0/s1. The number of ether oxygens (including phenoxy) is 1. The highest BCUT2D eigenvalue weighted by Gasteiger charge is 2.23. The van der Waals surface area contributed by atoms with E-state index in [4.69, 9.17) is 16.3 Å². The number of amides is 2. The third-order valence-corrected chi connectivity index (χ3v) is 4.46. The minimum Gasteiger partial charge on any atom is -0.384 e. The molecule has 0 bridgehead atoms. The van der Waals surface area contributed by atoms with Crippen molar-refractivity contribution in [3.63, 3.8) is 0 Å². The van der Waals surface area contributed by atoms with Crippen molar-refractivity contribution in [3.05, 3.63) is 41.7 Å². The summed E-state index contributed by atoms with van der Waals surface area (Å²) < 4.78 is 6.86. The highest BCUT2D eigenvalue weighted by atomic mass is 35.5. The van der Waals surface area contributed by atoms with E-state index in [1.165, 1.54) is 0 Å². The molecule has 0 unspecified atom stereocenters. The lowest BCUT2D eigenvalue weighted by atomic mass is 9.99. The van der Waals surface area contributed by atoms with Crippen LogP contribution in [0.5, 0.6) is 0 Å². The van der Waals surface area contributed by atoms with Crippen LogP contribution in [-0.2, 0) is 4.74 Å². The van der Waals surface area contributed by atoms with Crippen LogP contribution < -0.4 is 5.32 Å². The van der Waals surface area contributed by atoms with Gasteiger partial charge in [0.15, 0.2) is 0 Å². The highest BCUT2D eigenvalue weighted by Crippen LogP contribution is 2.21. The Morgan fingerprint density at radius 3 is 3.08 bits per heavy atom. The number of hydrogen-bond acceptors (Lipinski definition) is 3. The molecule has 24 heavy (non-hydrogen) atoms. The van der Waals surface area contributed by atoms with E-state index in [2.05, 4.69) is 10.4 Å². The first-order valence-electron chi connectivity index (χ1n) is 8.02. The third kappa shape index (κ3) is 3.88. The Morgan fingerprint density at radius 1 is 1.46 bits per heavy atom. The van der Waals surface area contributed by atoms with Gasteiger partial charge in [-0.25, -0.2) is 9.48 Å². The number of nitrogens with one attached hydrogen (secondary N) is 1. The molecule has 6 nitrogen and oxygen atoms in total. The van der Waals surface area contributed by atoms with Gasteiger partial charge in [-0.15, -0.1) is 0 Å². The molecule has 0 radical (unpaired) electrons. The van der Waals surface area contributed by atoms with Gasteiger partial charge in [0.1, 0.15) is 0 Å². The predicted molar refractivity (Wildman–Crippen MR) is 93.8 cm³/mol. The van der Waals surface area contributed by atoms with E-state index in [1.54, 1.807) is 30.3 Å². The summed E-state index contributed by atoms with van der Waals surface area (Å²) in [7, 11) is 1.70. The summed E-state index contributed by atoms with van der Waals surface area (Å²) in [6.07, 6.45) is 5.48. The largest absolute Gasteiger partial charge is 0.384 e. The van der Waals surface area contributed by atoms with Crippen LogP contribution in [0.1, 0.15) is 12.8 Å². The lowest BCUT2D eigenvalue weighted by Gasteiger charge is -2.32. The maximum Gasteiger partial charge on any atom is 0.321 e. The lowest BCUT2D eigenvalue weighted by molar-refractivity contribution is 0.104. The Bertz CT molecular complexity index is 701. The first kappa shape index (κ1) is 16.8. The summed E-state index contributed by atoms with van der Waals surface area (Å²) in [4.78, 5) is 14.3. The number of para-hydroxylation sites is 1. The summed E-state index contributed by atoms with van der Waals surface area (Å²) in [5.74, 6) is 0.403. The molecule has 2 aromatic rings. The van der Waals surface area contributed by atoms with Gasteiger partial charge in [0, 0.05) is 26.1 Å². The molecule has 1 N–H and O–H groups in total. The molecule has 3 rings (SSSR count). The van der Waals surface area contributed by atoms with E-state index < -0.39 is 0 Å². The van der Waals surface area contributed by atoms with Crippen molar-refractivity contribution >= 4 is 23.3 Å². The summed E-state index contributed by atoms with van der Waals surface area (Å²) in [6.45, 7) is 2.18. The quantitative estimate of drug-likeness (QED) is 0.921. The van der Waals surface area contributed by atoms with Gasteiger partial charge < -0.3 is 15.0 Å². The van der Waals surface area contributed by atoms with Crippen LogP contribution in [0.2, 0.25) is 5.02 Å². The van der Waals surface area contributed by atoms with Crippen molar-refractivity contribution in [1.29, 1.82) is 0 Å². The molecule has 1 fully saturated rings. The Kier molecular flexibility index (Phi) is 5.37. The summed E-state index contributed by atoms with van der Waals surface area (Å²) in [5.41, 5.74) is 1.42. The Hall–Kier alpha value is -2.05. The molecule has 1 aromatic heterocycles. The molecule has 1 atom stereocenters. The van der Waals surface area contributed by atoms with Gasteiger partial charge in [0.25, 0.3) is 0 Å². The molecule has 2 amide bonds. The maximum atomic E-state index is 12.4. The van der Waals surface area contributed by atoms with Crippen molar-refractivity contribution in [3.8, 4) is 5.69 Å². The number of anilines is 1. The van der Waals surface area contributed by atoms with Crippen LogP contribution in [0.15, 0.2) is 36.7 Å². The van der Waals surface area contributed by atoms with E-state index in [9.17, 15) is 4.79 Å². The van der Waals surface area contributed by atoms with Crippen molar-refractivity contribution in [2.75, 3.05) is 32.1 Å². The van der Waals surface area contributed by atoms with Crippen molar-refractivity contribution < 1.29 is 9.53 Å². The number of piperidine rings is 1. The fraction of sp³-hybridized carbons (Fsp3) is 0.412. The minimum atomic E-state index is -0.102. The molecule has 2 heterocycles. The Morgan fingerprint density at radius 2 is 2.29 bits per heavy atom. The van der Waals surface area contributed by atoms with E-state index in [-0.39, 0.29) is 6.03 Å². The number of urea groups is 1. The summed E-state index contributed by atoms with van der Waals surface area (Å²) in [5, 5.41) is 7.78. The summed E-state index contributed by atoms with van der Waals surface area (Å²) in [6, 6.07) is 7.34. The monoisotopic (exact) mass is 348 g/mol. The second kappa shape index (κ2) is 7.68. The Labute approximate surface area is 146 Å². The zero-order valence-corrected chi connectivity index (χ0v) is 14.4. The van der Waals surface area contributed by atoms with Crippen molar-refractivity contribution in [2.45, 2.75) is 12.8 Å². The van der Waals surface area contributed by atoms with E-state index in [0.29, 0.717) is 23.2 Å². The molecule has 1 aliphatic rings. The van der Waals surface area contributed by atoms with E-state index >= 15 is 0 Å². The number of carbonyl (C=O) groups is 1. The average Bonchev–Trinajstić information content (AvgIpc) is 3.04. The number of benzene rings is 1. The number of hydrogen-bond donors (Lipinski definition) is 1. The Balaban J connectivity index is 1.64. The SMILES string of the molecule is COC[C@H]1CCCN(C(=O)Nc2cnn(-c3ccccc3Cl)c2)C1. The molecule has 0 spiro atoms. The van der Waals surface area contributed by atoms with Gasteiger partial charge in [0.05, 0.1) is 35.4 Å². The third-order valence-electron chi connectivity index (χ3n) is 4.14. The zero-order chi connectivity index (χ0) is 16.9. The fourth-order valence-corrected chi connectivity index (χ4v) is 3.20. The van der Waals surface area contributed by atoms with Crippen LogP contribution in [0.4, 0.5) is 10.5 Å². The molecule has 1 saturated heterocycles. The molecule has 7 heteroatoms. The van der Waals surface area contributed by atoms with E-state index in [1.807, 2.05) is 23.1 Å². The normalized spacial score (nSPS) is 17.8. The smallest absolute Gasteiger partial charge is 0.321 e. The zero-order valence-electron chi connectivity index (χ0n) is 13.6. The van der Waals surface area contributed by atoms with Crippen LogP contribution in [0.3, 0.4) is 0 Å². The number of methoxy groups -OCH3 is 1. The predicted octanol–water partition coefficient (Wildman–Crippen LogP) is 3.42. The van der Waals surface area contributed by atoms with Crippen LogP contribution >= 0.6 is 11.6 Å². The number of rotatable bonds is 4. The molecule has 1 aliphatic heterocycles. The van der Waals surface area contributed by atoms with Gasteiger partial charge in [-0.1, -0.05) is 23.7 Å². The average molecular weight is 349 g/mol. The molecule has 0 aliphatic carbocycles. The molecule has 1 aromatic carbocycles. The summed E-state index contributed by atoms with van der Waals surface area (Å²) >= 11 is 6.17. The topological polar surface area (TPSA) is 59.4 Å². The van der Waals surface area contributed by atoms with Crippen LogP contribution in [0, 0.1) is 5.92 Å². The first-order chi connectivity index (χ1) is 11.7. The highest BCUT2D eigenvalue weighted by molar-refractivity contribution is 6.32. The van der Waals surface area contributed by atoms with Gasteiger partial charge in [-0.2, -0.15) is 5.10 Å². The number of nitrogens with zero attached hydrogens (tertiary/aromatic N) is 3. The van der Waals surface area contributed by atoms with Crippen molar-refractivity contribution in [2.24, 2.45) is 5.92 Å². The molecule has 128 valence electrons. The number of likely N-dealkylation sites (tertiary alicyclic amines) is 1. The first-order valence-corrected chi connectivity index (χ1v) is 8.39. The fourth-order valence-electron chi connectivity index (χ4n) is 2.98. The molecular weight excluding hydrogens is 328 g/mol. The minimum absolute atomic E-state index is 0.102. The maximum absolute atomic E-state index is 12.4.